The molecule has 7 unspecified atom stereocenters. The van der Waals surface area contributed by atoms with E-state index in [0.29, 0.717) is 39.0 Å². The fourth-order valence-corrected chi connectivity index (χ4v) is 10.8. The molecule has 0 heterocycles. The summed E-state index contributed by atoms with van der Waals surface area (Å²) in [7, 11) is 4.56. The van der Waals surface area contributed by atoms with Gasteiger partial charge in [-0.25, -0.2) is 0 Å². The van der Waals surface area contributed by atoms with Gasteiger partial charge >= 0.3 is 0 Å². The normalized spacial score (nSPS) is 52.5. The van der Waals surface area contributed by atoms with Crippen molar-refractivity contribution in [2.24, 2.45) is 44.8 Å². The summed E-state index contributed by atoms with van der Waals surface area (Å²) >= 11 is 0. The summed E-state index contributed by atoms with van der Waals surface area (Å²) in [4.78, 5) is 14.3. The van der Waals surface area contributed by atoms with Gasteiger partial charge in [0.25, 0.3) is 0 Å². The minimum atomic E-state index is 0.124. The molecule has 2 spiro atoms. The molecule has 4 saturated carbocycles. The molecule has 0 saturated heterocycles. The van der Waals surface area contributed by atoms with E-state index in [1.807, 2.05) is 0 Å². The molecule has 4 fully saturated rings. The predicted octanol–water partition coefficient (Wildman–Crippen LogP) is 5.66. The van der Waals surface area contributed by atoms with Gasteiger partial charge in [-0.2, -0.15) is 0 Å². The second kappa shape index (κ2) is 6.39. The van der Waals surface area contributed by atoms with Gasteiger partial charge in [-0.15, -0.1) is 0 Å². The number of carbonyl (C=O) groups is 1. The van der Waals surface area contributed by atoms with Crippen LogP contribution in [-0.4, -0.2) is 37.0 Å². The molecule has 174 valence electrons. The van der Waals surface area contributed by atoms with E-state index in [-0.39, 0.29) is 11.9 Å². The van der Waals surface area contributed by atoms with Gasteiger partial charge in [-0.05, 0) is 111 Å². The molecule has 3 nitrogen and oxygen atoms in total. The van der Waals surface area contributed by atoms with E-state index in [1.165, 1.54) is 44.9 Å². The Morgan fingerprint density at radius 1 is 0.935 bits per heavy atom. The Morgan fingerprint density at radius 2 is 1.58 bits per heavy atom. The van der Waals surface area contributed by atoms with Gasteiger partial charge in [0.05, 0.1) is 0 Å². The Balaban J connectivity index is 1.50. The summed E-state index contributed by atoms with van der Waals surface area (Å²) in [5.74, 6) is 2.16. The van der Waals surface area contributed by atoms with Crippen LogP contribution in [-0.2, 0) is 4.79 Å². The smallest absolute Gasteiger partial charge is 0.217 e. The van der Waals surface area contributed by atoms with Crippen molar-refractivity contribution in [1.29, 1.82) is 0 Å². The van der Waals surface area contributed by atoms with Gasteiger partial charge < -0.3 is 10.2 Å². The van der Waals surface area contributed by atoms with Crippen LogP contribution in [0.15, 0.2) is 12.2 Å². The zero-order valence-corrected chi connectivity index (χ0v) is 21.3. The van der Waals surface area contributed by atoms with Gasteiger partial charge in [0, 0.05) is 19.0 Å². The summed E-state index contributed by atoms with van der Waals surface area (Å²) in [6, 6.07) is 0.960. The molecule has 0 aromatic heterocycles. The van der Waals surface area contributed by atoms with Crippen molar-refractivity contribution >= 4 is 5.91 Å². The van der Waals surface area contributed by atoms with Crippen molar-refractivity contribution in [1.82, 2.24) is 10.2 Å². The topological polar surface area (TPSA) is 32.3 Å². The molecule has 31 heavy (non-hydrogen) atoms. The number of carbonyl (C=O) groups excluding carboxylic acids is 1. The van der Waals surface area contributed by atoms with Gasteiger partial charge in [0.15, 0.2) is 0 Å². The van der Waals surface area contributed by atoms with Gasteiger partial charge in [0.1, 0.15) is 0 Å². The second-order valence-corrected chi connectivity index (χ2v) is 13.6. The van der Waals surface area contributed by atoms with Crippen molar-refractivity contribution in [2.75, 3.05) is 14.1 Å². The summed E-state index contributed by atoms with van der Waals surface area (Å²) < 4.78 is 0. The van der Waals surface area contributed by atoms with Crippen molar-refractivity contribution in [3.05, 3.63) is 12.2 Å². The lowest BCUT2D eigenvalue weighted by Crippen LogP contribution is -2.58. The molecule has 0 aromatic rings. The molecule has 5 rings (SSSR count). The van der Waals surface area contributed by atoms with E-state index in [0.717, 1.165) is 11.8 Å². The Kier molecular flexibility index (Phi) is 4.53. The van der Waals surface area contributed by atoms with Gasteiger partial charge in [-0.3, -0.25) is 4.79 Å². The Morgan fingerprint density at radius 3 is 2.23 bits per heavy atom. The molecule has 0 aromatic carbocycles. The highest BCUT2D eigenvalue weighted by Gasteiger charge is 2.81. The first-order chi connectivity index (χ1) is 14.4. The van der Waals surface area contributed by atoms with E-state index < -0.39 is 0 Å². The zero-order valence-electron chi connectivity index (χ0n) is 21.3. The number of nitrogens with zero attached hydrogens (tertiary/aromatic N) is 1. The monoisotopic (exact) mass is 426 g/mol. The summed E-state index contributed by atoms with van der Waals surface area (Å²) in [5.41, 5.74) is 2.11. The van der Waals surface area contributed by atoms with Crippen molar-refractivity contribution < 1.29 is 4.79 Å². The first kappa shape index (κ1) is 22.0. The Labute approximate surface area is 190 Å². The third-order valence-electron chi connectivity index (χ3n) is 12.2. The first-order valence-corrected chi connectivity index (χ1v) is 13.0. The molecule has 1 N–H and O–H groups in total. The number of hydrogen-bond acceptors (Lipinski definition) is 2. The lowest BCUT2D eigenvalue weighted by molar-refractivity contribution is -0.122. The Bertz CT molecular complexity index is 816. The van der Waals surface area contributed by atoms with Gasteiger partial charge in [0.2, 0.25) is 5.91 Å². The van der Waals surface area contributed by atoms with Crippen LogP contribution < -0.4 is 5.32 Å². The van der Waals surface area contributed by atoms with E-state index in [9.17, 15) is 4.79 Å². The van der Waals surface area contributed by atoms with Crippen molar-refractivity contribution in [3.8, 4) is 0 Å². The molecule has 5 aliphatic carbocycles. The van der Waals surface area contributed by atoms with Crippen molar-refractivity contribution in [2.45, 2.75) is 98.6 Å². The summed E-state index contributed by atoms with van der Waals surface area (Å²) in [6.07, 6.45) is 15.0. The maximum Gasteiger partial charge on any atom is 0.217 e. The highest BCUT2D eigenvalue weighted by atomic mass is 16.1. The standard InChI is InChI=1S/C28H46N2O/c1-18(29-19(2)31)20-11-13-26(6)22-10-9-21-24(3,4)23(30(7)8)12-14-27(21)17-28(22,27)16-15-25(20,26)5/h9-10,18,20-23H,11-17H2,1-8H3,(H,29,31)/t18?,20?,21?,22?,23?,25-,26+,27?,28?/m1/s1. The molecule has 0 bridgehead atoms. The number of nitrogens with one attached hydrogen (secondary N) is 1. The minimum Gasteiger partial charge on any atom is -0.354 e. The van der Waals surface area contributed by atoms with Crippen LogP contribution in [0.5, 0.6) is 0 Å². The molecular formula is C28H46N2O. The maximum atomic E-state index is 11.8. The molecule has 0 radical (unpaired) electrons. The summed E-state index contributed by atoms with van der Waals surface area (Å²) in [6.45, 7) is 14.2. The van der Waals surface area contributed by atoms with E-state index in [4.69, 9.17) is 0 Å². The Hall–Kier alpha value is -0.830. The molecule has 1 amide bonds. The average Bonchev–Trinajstić information content (AvgIpc) is 3.22. The van der Waals surface area contributed by atoms with Gasteiger partial charge in [-0.1, -0.05) is 39.8 Å². The maximum absolute atomic E-state index is 11.8. The van der Waals surface area contributed by atoms with Crippen LogP contribution in [0.25, 0.3) is 0 Å². The lowest BCUT2D eigenvalue weighted by atomic mass is 9.43. The van der Waals surface area contributed by atoms with Crippen LogP contribution >= 0.6 is 0 Å². The number of hydrogen-bond donors (Lipinski definition) is 1. The van der Waals surface area contributed by atoms with E-state index in [1.54, 1.807) is 6.92 Å². The molecule has 0 aliphatic heterocycles. The SMILES string of the molecule is CC(=O)NC(C)C1CC[C@@]2(C)C3C=CC4C(C)(C)C(N(C)C)CCC45CC35CC[C@]12C. The highest BCUT2D eigenvalue weighted by molar-refractivity contribution is 5.73. The molecular weight excluding hydrogens is 380 g/mol. The zero-order chi connectivity index (χ0) is 22.6. The fraction of sp³-hybridized carbons (Fsp3) is 0.893. The third kappa shape index (κ3) is 2.48. The van der Waals surface area contributed by atoms with Crippen LogP contribution in [0.2, 0.25) is 0 Å². The van der Waals surface area contributed by atoms with Crippen LogP contribution in [0.4, 0.5) is 0 Å². The van der Waals surface area contributed by atoms with Crippen LogP contribution in [0.3, 0.4) is 0 Å². The lowest BCUT2D eigenvalue weighted by Gasteiger charge is -2.62. The highest BCUT2D eigenvalue weighted by Crippen LogP contribution is 2.87. The van der Waals surface area contributed by atoms with Crippen molar-refractivity contribution in [3.63, 3.8) is 0 Å². The number of fused-ring (bicyclic) bond motifs is 2. The number of amides is 1. The largest absolute Gasteiger partial charge is 0.354 e. The van der Waals surface area contributed by atoms with E-state index in [2.05, 4.69) is 71.1 Å². The van der Waals surface area contributed by atoms with Crippen LogP contribution in [0, 0.1) is 44.8 Å². The third-order valence-corrected chi connectivity index (χ3v) is 12.2. The van der Waals surface area contributed by atoms with E-state index >= 15 is 0 Å². The predicted molar refractivity (Wildman–Crippen MR) is 128 cm³/mol. The number of rotatable bonds is 3. The second-order valence-electron chi connectivity index (χ2n) is 13.6. The average molecular weight is 427 g/mol. The quantitative estimate of drug-likeness (QED) is 0.591. The van der Waals surface area contributed by atoms with Crippen LogP contribution in [0.1, 0.15) is 86.5 Å². The fourth-order valence-electron chi connectivity index (χ4n) is 10.8. The molecule has 9 atom stereocenters. The number of allylic oxidation sites excluding steroid dienone is 2. The minimum absolute atomic E-state index is 0.124. The molecule has 5 aliphatic rings. The summed E-state index contributed by atoms with van der Waals surface area (Å²) in [5, 5.41) is 3.26. The molecule has 3 heteroatoms. The first-order valence-electron chi connectivity index (χ1n) is 13.0.